The second-order valence-corrected chi connectivity index (χ2v) is 8.80. The van der Waals surface area contributed by atoms with Crippen LogP contribution in [0.2, 0.25) is 0 Å². The van der Waals surface area contributed by atoms with E-state index in [9.17, 15) is 9.59 Å². The van der Waals surface area contributed by atoms with E-state index in [1.165, 1.54) is 27.2 Å². The van der Waals surface area contributed by atoms with Crippen molar-refractivity contribution in [2.45, 2.75) is 24.7 Å². The van der Waals surface area contributed by atoms with E-state index in [4.69, 9.17) is 0 Å². The highest BCUT2D eigenvalue weighted by atomic mass is 16.2. The van der Waals surface area contributed by atoms with Gasteiger partial charge in [-0.3, -0.25) is 9.59 Å². The summed E-state index contributed by atoms with van der Waals surface area (Å²) in [5.41, 5.74) is 4.34. The highest BCUT2D eigenvalue weighted by molar-refractivity contribution is 6.24. The fourth-order valence-electron chi connectivity index (χ4n) is 6.40. The number of anilines is 1. The monoisotopic (exact) mass is 379 g/mol. The Labute approximate surface area is 170 Å². The fraction of sp³-hybridized carbons (Fsp3) is 0.231. The molecule has 3 nitrogen and oxygen atoms in total. The average molecular weight is 379 g/mol. The molecule has 3 aromatic rings. The number of para-hydroxylation sites is 1. The molecule has 7 rings (SSSR count). The van der Waals surface area contributed by atoms with Gasteiger partial charge in [0.05, 0.1) is 17.5 Å². The predicted molar refractivity (Wildman–Crippen MR) is 112 cm³/mol. The standard InChI is InChI=1S/C26H21NO2/c1-25-17-12-6-8-14-19(17)26(2,20-15-9-7-13-18(20)25)22-21(25)23(28)27(24(22)29)16-10-4-3-5-11-16/h3-15,21-22H,1-2H3. The maximum atomic E-state index is 13.8. The van der Waals surface area contributed by atoms with Gasteiger partial charge in [0.25, 0.3) is 0 Å². The zero-order valence-electron chi connectivity index (χ0n) is 16.4. The van der Waals surface area contributed by atoms with Crippen LogP contribution in [0.5, 0.6) is 0 Å². The van der Waals surface area contributed by atoms with Gasteiger partial charge in [0.2, 0.25) is 11.8 Å². The first-order valence-corrected chi connectivity index (χ1v) is 10.1. The Morgan fingerprint density at radius 3 is 1.31 bits per heavy atom. The number of carbonyl (C=O) groups is 2. The molecule has 3 aromatic carbocycles. The van der Waals surface area contributed by atoms with Gasteiger partial charge in [-0.25, -0.2) is 4.90 Å². The third-order valence-electron chi connectivity index (χ3n) is 7.66. The van der Waals surface area contributed by atoms with E-state index in [1.54, 1.807) is 0 Å². The van der Waals surface area contributed by atoms with Crippen molar-refractivity contribution in [3.8, 4) is 0 Å². The number of benzene rings is 3. The van der Waals surface area contributed by atoms with E-state index >= 15 is 0 Å². The molecule has 0 saturated carbocycles. The SMILES string of the molecule is CC12c3ccccc3C(C)(c3ccccc31)C1C(=O)N(c3ccccc3)C(=O)C12. The van der Waals surface area contributed by atoms with Crippen LogP contribution in [0.25, 0.3) is 0 Å². The van der Waals surface area contributed by atoms with Gasteiger partial charge in [0.1, 0.15) is 0 Å². The van der Waals surface area contributed by atoms with Crippen LogP contribution in [-0.4, -0.2) is 11.8 Å². The molecule has 1 saturated heterocycles. The number of rotatable bonds is 1. The van der Waals surface area contributed by atoms with Crippen LogP contribution < -0.4 is 4.90 Å². The molecular formula is C26H21NO2. The minimum absolute atomic E-state index is 0.0797. The molecular weight excluding hydrogens is 358 g/mol. The molecule has 2 bridgehead atoms. The molecule has 142 valence electrons. The highest BCUT2D eigenvalue weighted by Gasteiger charge is 2.70. The third kappa shape index (κ3) is 1.71. The first-order chi connectivity index (χ1) is 14.0. The van der Waals surface area contributed by atoms with Crippen molar-refractivity contribution in [2.24, 2.45) is 11.8 Å². The zero-order valence-corrected chi connectivity index (χ0v) is 16.4. The number of hydrogen-bond donors (Lipinski definition) is 0. The van der Waals surface area contributed by atoms with Crippen LogP contribution in [0.15, 0.2) is 78.9 Å². The van der Waals surface area contributed by atoms with E-state index in [0.717, 1.165) is 0 Å². The van der Waals surface area contributed by atoms with Gasteiger partial charge in [-0.15, -0.1) is 0 Å². The van der Waals surface area contributed by atoms with Crippen LogP contribution in [-0.2, 0) is 20.4 Å². The van der Waals surface area contributed by atoms with Crippen molar-refractivity contribution < 1.29 is 9.59 Å². The summed E-state index contributed by atoms with van der Waals surface area (Å²) in [6.07, 6.45) is 0. The lowest BCUT2D eigenvalue weighted by Crippen LogP contribution is -2.59. The summed E-state index contributed by atoms with van der Waals surface area (Å²) in [6, 6.07) is 26.1. The van der Waals surface area contributed by atoms with Gasteiger partial charge in [-0.1, -0.05) is 80.6 Å². The Hall–Kier alpha value is -3.20. The Morgan fingerprint density at radius 2 is 0.931 bits per heavy atom. The van der Waals surface area contributed by atoms with Crippen LogP contribution in [0.1, 0.15) is 36.1 Å². The number of amides is 2. The topological polar surface area (TPSA) is 37.4 Å². The molecule has 0 radical (unpaired) electrons. The second-order valence-electron chi connectivity index (χ2n) is 8.80. The fourth-order valence-corrected chi connectivity index (χ4v) is 6.40. The largest absolute Gasteiger partial charge is 0.274 e. The summed E-state index contributed by atoms with van der Waals surface area (Å²) in [4.78, 5) is 29.1. The summed E-state index contributed by atoms with van der Waals surface area (Å²) in [5, 5.41) is 0. The molecule has 1 fully saturated rings. The van der Waals surface area contributed by atoms with Gasteiger partial charge in [0.15, 0.2) is 0 Å². The molecule has 3 heteroatoms. The van der Waals surface area contributed by atoms with Gasteiger partial charge in [-0.2, -0.15) is 0 Å². The van der Waals surface area contributed by atoms with Gasteiger partial charge < -0.3 is 0 Å². The second kappa shape index (κ2) is 5.24. The summed E-state index contributed by atoms with van der Waals surface area (Å²) < 4.78 is 0. The van der Waals surface area contributed by atoms with Crippen molar-refractivity contribution in [3.63, 3.8) is 0 Å². The quantitative estimate of drug-likeness (QED) is 0.587. The molecule has 1 aliphatic heterocycles. The minimum Gasteiger partial charge on any atom is -0.274 e. The number of imide groups is 1. The van der Waals surface area contributed by atoms with Gasteiger partial charge in [0, 0.05) is 10.8 Å². The summed E-state index contributed by atoms with van der Waals surface area (Å²) in [7, 11) is 0. The lowest BCUT2D eigenvalue weighted by molar-refractivity contribution is -0.124. The normalized spacial score (nSPS) is 31.4. The Kier molecular flexibility index (Phi) is 3.02. The Morgan fingerprint density at radius 1 is 0.586 bits per heavy atom. The number of hydrogen-bond acceptors (Lipinski definition) is 2. The lowest BCUT2D eigenvalue weighted by Gasteiger charge is -2.57. The minimum atomic E-state index is -0.522. The van der Waals surface area contributed by atoms with E-state index in [-0.39, 0.29) is 11.8 Å². The molecule has 0 spiro atoms. The maximum absolute atomic E-state index is 13.8. The molecule has 2 amide bonds. The van der Waals surface area contributed by atoms with E-state index in [0.29, 0.717) is 5.69 Å². The van der Waals surface area contributed by atoms with E-state index in [1.807, 2.05) is 54.6 Å². The first-order valence-electron chi connectivity index (χ1n) is 10.1. The summed E-state index contributed by atoms with van der Waals surface area (Å²) in [6.45, 7) is 4.31. The first kappa shape index (κ1) is 16.7. The molecule has 0 N–H and O–H groups in total. The third-order valence-corrected chi connectivity index (χ3v) is 7.66. The van der Waals surface area contributed by atoms with Crippen molar-refractivity contribution in [3.05, 3.63) is 101 Å². The van der Waals surface area contributed by atoms with Crippen LogP contribution in [0.4, 0.5) is 5.69 Å². The number of nitrogens with zero attached hydrogens (tertiary/aromatic N) is 1. The smallest absolute Gasteiger partial charge is 0.238 e. The highest BCUT2D eigenvalue weighted by Crippen LogP contribution is 2.66. The van der Waals surface area contributed by atoms with Gasteiger partial charge >= 0.3 is 0 Å². The van der Waals surface area contributed by atoms with Gasteiger partial charge in [-0.05, 0) is 34.4 Å². The number of carbonyl (C=O) groups excluding carboxylic acids is 2. The summed E-state index contributed by atoms with van der Waals surface area (Å²) in [5.74, 6) is -0.956. The van der Waals surface area contributed by atoms with E-state index in [2.05, 4.69) is 38.1 Å². The van der Waals surface area contributed by atoms with Crippen molar-refractivity contribution in [1.29, 1.82) is 0 Å². The Bertz CT molecular complexity index is 1070. The molecule has 29 heavy (non-hydrogen) atoms. The van der Waals surface area contributed by atoms with Crippen LogP contribution >= 0.6 is 0 Å². The summed E-state index contributed by atoms with van der Waals surface area (Å²) >= 11 is 0. The van der Waals surface area contributed by atoms with E-state index < -0.39 is 22.7 Å². The average Bonchev–Trinajstić information content (AvgIpc) is 3.04. The van der Waals surface area contributed by atoms with Crippen molar-refractivity contribution in [1.82, 2.24) is 0 Å². The Balaban J connectivity index is 1.69. The molecule has 0 aromatic heterocycles. The predicted octanol–water partition coefficient (Wildman–Crippen LogP) is 4.43. The maximum Gasteiger partial charge on any atom is 0.238 e. The molecule has 1 heterocycles. The van der Waals surface area contributed by atoms with Crippen molar-refractivity contribution in [2.75, 3.05) is 4.90 Å². The lowest BCUT2D eigenvalue weighted by atomic mass is 9.42. The molecule has 2 unspecified atom stereocenters. The van der Waals surface area contributed by atoms with Crippen LogP contribution in [0.3, 0.4) is 0 Å². The van der Waals surface area contributed by atoms with Crippen molar-refractivity contribution >= 4 is 17.5 Å². The zero-order chi connectivity index (χ0) is 20.0. The molecule has 4 aliphatic rings. The van der Waals surface area contributed by atoms with Crippen LogP contribution in [0, 0.1) is 11.8 Å². The molecule has 2 atom stereocenters. The molecule has 3 aliphatic carbocycles.